The lowest BCUT2D eigenvalue weighted by molar-refractivity contribution is -0.136. The van der Waals surface area contributed by atoms with E-state index in [2.05, 4.69) is 0 Å². The summed E-state index contributed by atoms with van der Waals surface area (Å²) < 4.78 is 10.2. The Morgan fingerprint density at radius 1 is 1.50 bits per heavy atom. The molecule has 1 atom stereocenters. The van der Waals surface area contributed by atoms with E-state index in [1.165, 1.54) is 7.11 Å². The lowest BCUT2D eigenvalue weighted by Gasteiger charge is -2.17. The molecule has 1 unspecified atom stereocenters. The lowest BCUT2D eigenvalue weighted by atomic mass is 10.0. The first-order chi connectivity index (χ1) is 8.62. The Labute approximate surface area is 105 Å². The summed E-state index contributed by atoms with van der Waals surface area (Å²) >= 11 is 0. The molecule has 0 aliphatic carbocycles. The maximum Gasteiger partial charge on any atom is 0.307 e. The normalized spacial score (nSPS) is 11.7. The number of carbonyl (C=O) groups excluding carboxylic acids is 1. The van der Waals surface area contributed by atoms with Gasteiger partial charge in [0.1, 0.15) is 11.9 Å². The van der Waals surface area contributed by atoms with E-state index in [9.17, 15) is 9.59 Å². The molecule has 0 saturated heterocycles. The molecule has 18 heavy (non-hydrogen) atoms. The summed E-state index contributed by atoms with van der Waals surface area (Å²) in [7, 11) is 1.50. The van der Waals surface area contributed by atoms with Gasteiger partial charge in [-0.1, -0.05) is 19.1 Å². The van der Waals surface area contributed by atoms with Gasteiger partial charge in [-0.05, 0) is 18.1 Å². The van der Waals surface area contributed by atoms with Crippen molar-refractivity contribution in [2.24, 2.45) is 0 Å². The second kappa shape index (κ2) is 6.64. The van der Waals surface area contributed by atoms with Crippen molar-refractivity contribution in [2.75, 3.05) is 7.11 Å². The molecule has 0 fully saturated rings. The standard InChI is InChI=1S/C13H16O5/c1-3-11(18-8-14)10-5-4-9(7-13(15)16)6-12(10)17-2/h4-6,8,11H,3,7H2,1-2H3,(H,15,16). The molecule has 0 aliphatic rings. The summed E-state index contributed by atoms with van der Waals surface area (Å²) in [5.41, 5.74) is 1.38. The van der Waals surface area contributed by atoms with Crippen molar-refractivity contribution in [1.29, 1.82) is 0 Å². The second-order valence-corrected chi connectivity index (χ2v) is 3.78. The molecule has 1 N–H and O–H groups in total. The average Bonchev–Trinajstić information content (AvgIpc) is 2.35. The van der Waals surface area contributed by atoms with E-state index in [0.29, 0.717) is 24.2 Å². The Morgan fingerprint density at radius 3 is 2.72 bits per heavy atom. The number of carbonyl (C=O) groups is 2. The minimum atomic E-state index is -0.902. The molecule has 0 aromatic heterocycles. The minimum absolute atomic E-state index is 0.0675. The van der Waals surface area contributed by atoms with Gasteiger partial charge in [-0.2, -0.15) is 0 Å². The number of carboxylic acid groups (broad SMARTS) is 1. The fourth-order valence-corrected chi connectivity index (χ4v) is 1.76. The SMILES string of the molecule is CCC(OC=O)c1ccc(CC(=O)O)cc1OC. The highest BCUT2D eigenvalue weighted by Gasteiger charge is 2.16. The van der Waals surface area contributed by atoms with Crippen LogP contribution < -0.4 is 4.74 Å². The van der Waals surface area contributed by atoms with E-state index in [1.54, 1.807) is 18.2 Å². The first kappa shape index (κ1) is 14.0. The van der Waals surface area contributed by atoms with Crippen LogP contribution in [0.2, 0.25) is 0 Å². The molecule has 0 amide bonds. The quantitative estimate of drug-likeness (QED) is 0.751. The van der Waals surface area contributed by atoms with Crippen LogP contribution in [0, 0.1) is 0 Å². The molecule has 1 aromatic carbocycles. The van der Waals surface area contributed by atoms with E-state index >= 15 is 0 Å². The summed E-state index contributed by atoms with van der Waals surface area (Å²) in [6, 6.07) is 5.08. The zero-order valence-corrected chi connectivity index (χ0v) is 10.4. The molecular weight excluding hydrogens is 236 g/mol. The van der Waals surface area contributed by atoms with Crippen LogP contribution in [0.15, 0.2) is 18.2 Å². The van der Waals surface area contributed by atoms with E-state index < -0.39 is 5.97 Å². The second-order valence-electron chi connectivity index (χ2n) is 3.78. The van der Waals surface area contributed by atoms with Gasteiger partial charge in [-0.25, -0.2) is 0 Å². The molecule has 0 spiro atoms. The van der Waals surface area contributed by atoms with Gasteiger partial charge in [0, 0.05) is 5.56 Å². The lowest BCUT2D eigenvalue weighted by Crippen LogP contribution is -2.06. The number of carboxylic acids is 1. The zero-order valence-electron chi connectivity index (χ0n) is 10.4. The van der Waals surface area contributed by atoms with Crippen LogP contribution in [-0.2, 0) is 20.7 Å². The van der Waals surface area contributed by atoms with Crippen LogP contribution in [0.3, 0.4) is 0 Å². The molecule has 0 bridgehead atoms. The Bertz CT molecular complexity index is 427. The number of aliphatic carboxylic acids is 1. The third kappa shape index (κ3) is 3.48. The highest BCUT2D eigenvalue weighted by atomic mass is 16.5. The van der Waals surface area contributed by atoms with Crippen molar-refractivity contribution in [1.82, 2.24) is 0 Å². The first-order valence-corrected chi connectivity index (χ1v) is 5.60. The van der Waals surface area contributed by atoms with Gasteiger partial charge in [-0.3, -0.25) is 9.59 Å². The van der Waals surface area contributed by atoms with Gasteiger partial charge in [-0.15, -0.1) is 0 Å². The summed E-state index contributed by atoms with van der Waals surface area (Å²) in [5.74, 6) is -0.372. The molecule has 0 radical (unpaired) electrons. The topological polar surface area (TPSA) is 72.8 Å². The number of methoxy groups -OCH3 is 1. The predicted molar refractivity (Wildman–Crippen MR) is 64.5 cm³/mol. The Balaban J connectivity index is 3.05. The summed E-state index contributed by atoms with van der Waals surface area (Å²) in [4.78, 5) is 21.1. The summed E-state index contributed by atoms with van der Waals surface area (Å²) in [5, 5.41) is 8.73. The third-order valence-corrected chi connectivity index (χ3v) is 2.59. The average molecular weight is 252 g/mol. The van der Waals surface area contributed by atoms with Gasteiger partial charge in [0.05, 0.1) is 13.5 Å². The van der Waals surface area contributed by atoms with E-state index in [0.717, 1.165) is 5.56 Å². The molecule has 1 aromatic rings. The molecule has 0 saturated carbocycles. The maximum atomic E-state index is 10.6. The fourth-order valence-electron chi connectivity index (χ4n) is 1.76. The van der Waals surface area contributed by atoms with Crippen molar-refractivity contribution in [2.45, 2.75) is 25.9 Å². The fraction of sp³-hybridized carbons (Fsp3) is 0.385. The van der Waals surface area contributed by atoms with Gasteiger partial charge in [0.15, 0.2) is 0 Å². The van der Waals surface area contributed by atoms with Crippen LogP contribution in [-0.4, -0.2) is 24.7 Å². The predicted octanol–water partition coefficient (Wildman–Crippen LogP) is 1.95. The van der Waals surface area contributed by atoms with Crippen LogP contribution in [0.1, 0.15) is 30.6 Å². The summed E-state index contributed by atoms with van der Waals surface area (Å²) in [6.45, 7) is 2.29. The van der Waals surface area contributed by atoms with Crippen molar-refractivity contribution in [3.05, 3.63) is 29.3 Å². The summed E-state index contributed by atoms with van der Waals surface area (Å²) in [6.07, 6.45) is 0.173. The smallest absolute Gasteiger partial charge is 0.307 e. The molecule has 5 nitrogen and oxygen atoms in total. The molecule has 98 valence electrons. The highest BCUT2D eigenvalue weighted by Crippen LogP contribution is 2.30. The number of rotatable bonds is 7. The van der Waals surface area contributed by atoms with E-state index in [1.807, 2.05) is 6.92 Å². The molecule has 0 heterocycles. The first-order valence-electron chi connectivity index (χ1n) is 5.60. The zero-order chi connectivity index (χ0) is 13.5. The largest absolute Gasteiger partial charge is 0.496 e. The van der Waals surface area contributed by atoms with Gasteiger partial charge in [0.2, 0.25) is 0 Å². The Kier molecular flexibility index (Phi) is 5.17. The third-order valence-electron chi connectivity index (χ3n) is 2.59. The minimum Gasteiger partial charge on any atom is -0.496 e. The molecular formula is C13H16O5. The van der Waals surface area contributed by atoms with Crippen LogP contribution in [0.25, 0.3) is 0 Å². The maximum absolute atomic E-state index is 10.6. The Morgan fingerprint density at radius 2 is 2.22 bits per heavy atom. The van der Waals surface area contributed by atoms with Gasteiger partial charge in [0.25, 0.3) is 6.47 Å². The van der Waals surface area contributed by atoms with Crippen molar-refractivity contribution in [3.63, 3.8) is 0 Å². The Hall–Kier alpha value is -2.04. The number of ether oxygens (including phenoxy) is 2. The van der Waals surface area contributed by atoms with E-state index in [4.69, 9.17) is 14.6 Å². The number of hydrogen-bond acceptors (Lipinski definition) is 4. The van der Waals surface area contributed by atoms with Crippen LogP contribution >= 0.6 is 0 Å². The van der Waals surface area contributed by atoms with Crippen molar-refractivity contribution in [3.8, 4) is 5.75 Å². The molecule has 1 rings (SSSR count). The van der Waals surface area contributed by atoms with Crippen LogP contribution in [0.4, 0.5) is 0 Å². The van der Waals surface area contributed by atoms with Crippen molar-refractivity contribution < 1.29 is 24.2 Å². The number of hydrogen-bond donors (Lipinski definition) is 1. The van der Waals surface area contributed by atoms with Crippen molar-refractivity contribution >= 4 is 12.4 Å². The van der Waals surface area contributed by atoms with Gasteiger partial charge < -0.3 is 14.6 Å². The van der Waals surface area contributed by atoms with Crippen LogP contribution in [0.5, 0.6) is 5.75 Å². The monoisotopic (exact) mass is 252 g/mol. The van der Waals surface area contributed by atoms with Gasteiger partial charge >= 0.3 is 5.97 Å². The number of benzene rings is 1. The van der Waals surface area contributed by atoms with E-state index in [-0.39, 0.29) is 12.5 Å². The molecule has 5 heteroatoms. The highest BCUT2D eigenvalue weighted by molar-refractivity contribution is 5.70. The molecule has 0 aliphatic heterocycles.